The van der Waals surface area contributed by atoms with E-state index in [9.17, 15) is 4.79 Å². The Morgan fingerprint density at radius 2 is 1.61 bits per heavy atom. The number of aldehydes is 1. The summed E-state index contributed by atoms with van der Waals surface area (Å²) in [4.78, 5) is 11.8. The van der Waals surface area contributed by atoms with Gasteiger partial charge in [-0.3, -0.25) is 4.79 Å². The number of rotatable bonds is 4. The van der Waals surface area contributed by atoms with Crippen molar-refractivity contribution in [3.05, 3.63) is 64.7 Å². The maximum Gasteiger partial charge on any atom is 0.150 e. The van der Waals surface area contributed by atoms with Crippen molar-refractivity contribution in [1.82, 2.24) is 0 Å². The van der Waals surface area contributed by atoms with Crippen molar-refractivity contribution >= 4 is 18.0 Å². The molecule has 0 saturated carbocycles. The zero-order chi connectivity index (χ0) is 13.0. The lowest BCUT2D eigenvalue weighted by molar-refractivity contribution is 0.112. The van der Waals surface area contributed by atoms with Gasteiger partial charge in [0.05, 0.1) is 0 Å². The fourth-order valence-electron chi connectivity index (χ4n) is 1.87. The van der Waals surface area contributed by atoms with E-state index in [0.29, 0.717) is 0 Å². The highest BCUT2D eigenvalue weighted by Crippen LogP contribution is 2.26. The van der Waals surface area contributed by atoms with E-state index in [1.807, 2.05) is 24.3 Å². The summed E-state index contributed by atoms with van der Waals surface area (Å²) >= 11 is 1.81. The minimum atomic E-state index is 0.728. The van der Waals surface area contributed by atoms with Crippen molar-refractivity contribution in [2.24, 2.45) is 0 Å². The summed E-state index contributed by atoms with van der Waals surface area (Å²) in [5, 5.41) is 0. The van der Waals surface area contributed by atoms with Crippen LogP contribution in [0.3, 0.4) is 0 Å². The fraction of sp³-hybridized carbons (Fsp3) is 0.188. The van der Waals surface area contributed by atoms with Gasteiger partial charge < -0.3 is 0 Å². The maximum atomic E-state index is 10.6. The molecule has 0 amide bonds. The molecule has 92 valence electrons. The predicted molar refractivity (Wildman–Crippen MR) is 77.3 cm³/mol. The molecule has 0 radical (unpaired) electrons. The number of aryl methyl sites for hydroxylation is 2. The second kappa shape index (κ2) is 5.87. The summed E-state index contributed by atoms with van der Waals surface area (Å²) in [5.74, 6) is 0.971. The van der Waals surface area contributed by atoms with Crippen molar-refractivity contribution in [3.63, 3.8) is 0 Å². The van der Waals surface area contributed by atoms with Crippen LogP contribution in [0.25, 0.3) is 0 Å². The van der Waals surface area contributed by atoms with E-state index < -0.39 is 0 Å². The van der Waals surface area contributed by atoms with Crippen molar-refractivity contribution in [2.75, 3.05) is 0 Å². The average Bonchev–Trinajstić information content (AvgIpc) is 2.39. The first-order chi connectivity index (χ1) is 8.70. The van der Waals surface area contributed by atoms with E-state index in [-0.39, 0.29) is 0 Å². The van der Waals surface area contributed by atoms with Crippen LogP contribution in [0.2, 0.25) is 0 Å². The van der Waals surface area contributed by atoms with Crippen LogP contribution in [0.15, 0.2) is 47.4 Å². The van der Waals surface area contributed by atoms with Crippen LogP contribution in [0.5, 0.6) is 0 Å². The van der Waals surface area contributed by atoms with Crippen LogP contribution in [0.1, 0.15) is 27.0 Å². The normalized spacial score (nSPS) is 10.3. The maximum absolute atomic E-state index is 10.6. The zero-order valence-corrected chi connectivity index (χ0v) is 11.5. The molecule has 1 nitrogen and oxygen atoms in total. The highest BCUT2D eigenvalue weighted by Gasteiger charge is 2.03. The molecule has 0 aliphatic heterocycles. The average molecular weight is 256 g/mol. The van der Waals surface area contributed by atoms with Crippen molar-refractivity contribution in [1.29, 1.82) is 0 Å². The zero-order valence-electron chi connectivity index (χ0n) is 10.6. The van der Waals surface area contributed by atoms with E-state index >= 15 is 0 Å². The van der Waals surface area contributed by atoms with Crippen molar-refractivity contribution in [3.8, 4) is 0 Å². The molecule has 0 N–H and O–H groups in total. The highest BCUT2D eigenvalue weighted by atomic mass is 32.2. The Hall–Kier alpha value is -1.54. The van der Waals surface area contributed by atoms with Gasteiger partial charge in [-0.1, -0.05) is 30.3 Å². The molecular formula is C16H16OS. The molecule has 0 aliphatic carbocycles. The van der Waals surface area contributed by atoms with Gasteiger partial charge in [0.1, 0.15) is 6.29 Å². The van der Waals surface area contributed by atoms with E-state index in [1.54, 1.807) is 11.8 Å². The second-order valence-corrected chi connectivity index (χ2v) is 5.39. The number of thioether (sulfide) groups is 1. The third-order valence-electron chi connectivity index (χ3n) is 3.04. The lowest BCUT2D eigenvalue weighted by Crippen LogP contribution is -1.90. The quantitative estimate of drug-likeness (QED) is 0.595. The van der Waals surface area contributed by atoms with Gasteiger partial charge in [0, 0.05) is 16.2 Å². The number of hydrogen-bond acceptors (Lipinski definition) is 2. The standard InChI is InChI=1S/C16H16OS/c1-12-4-3-5-13(2)16(12)11-18-15-8-6-14(10-17)7-9-15/h3-10H,11H2,1-2H3. The van der Waals surface area contributed by atoms with Crippen LogP contribution < -0.4 is 0 Å². The van der Waals surface area contributed by atoms with Crippen LogP contribution in [-0.2, 0) is 5.75 Å². The Morgan fingerprint density at radius 1 is 1.00 bits per heavy atom. The molecule has 0 fully saturated rings. The minimum Gasteiger partial charge on any atom is -0.298 e. The SMILES string of the molecule is Cc1cccc(C)c1CSc1ccc(C=O)cc1. The van der Waals surface area contributed by atoms with Gasteiger partial charge in [0.25, 0.3) is 0 Å². The summed E-state index contributed by atoms with van der Waals surface area (Å²) in [6.07, 6.45) is 0.875. The molecule has 18 heavy (non-hydrogen) atoms. The Bertz CT molecular complexity index is 523. The van der Waals surface area contributed by atoms with E-state index in [4.69, 9.17) is 0 Å². The highest BCUT2D eigenvalue weighted by molar-refractivity contribution is 7.98. The van der Waals surface area contributed by atoms with Gasteiger partial charge in [-0.25, -0.2) is 0 Å². The number of carbonyl (C=O) groups excluding carboxylic acids is 1. The Morgan fingerprint density at radius 3 is 2.17 bits per heavy atom. The number of benzene rings is 2. The third-order valence-corrected chi connectivity index (χ3v) is 4.08. The second-order valence-electron chi connectivity index (χ2n) is 4.35. The molecule has 0 aliphatic rings. The molecule has 0 atom stereocenters. The van der Waals surface area contributed by atoms with Gasteiger partial charge in [-0.15, -0.1) is 11.8 Å². The number of carbonyl (C=O) groups is 1. The largest absolute Gasteiger partial charge is 0.298 e. The lowest BCUT2D eigenvalue weighted by Gasteiger charge is -2.09. The predicted octanol–water partition coefficient (Wildman–Crippen LogP) is 4.41. The molecule has 2 rings (SSSR count). The third kappa shape index (κ3) is 3.02. The van der Waals surface area contributed by atoms with Crippen LogP contribution in [-0.4, -0.2) is 6.29 Å². The van der Waals surface area contributed by atoms with E-state index in [1.165, 1.54) is 21.6 Å². The monoisotopic (exact) mass is 256 g/mol. The smallest absolute Gasteiger partial charge is 0.150 e. The first kappa shape index (κ1) is 12.9. The Labute approximate surface area is 112 Å². The Balaban J connectivity index is 2.09. The molecule has 0 bridgehead atoms. The lowest BCUT2D eigenvalue weighted by atomic mass is 10.1. The molecule has 0 unspecified atom stereocenters. The molecule has 2 aromatic carbocycles. The molecule has 0 spiro atoms. The Kier molecular flexibility index (Phi) is 4.21. The first-order valence-electron chi connectivity index (χ1n) is 5.94. The summed E-state index contributed by atoms with van der Waals surface area (Å²) in [6, 6.07) is 14.1. The molecular weight excluding hydrogens is 240 g/mol. The van der Waals surface area contributed by atoms with Gasteiger partial charge >= 0.3 is 0 Å². The molecule has 0 heterocycles. The van der Waals surface area contributed by atoms with Crippen LogP contribution in [0, 0.1) is 13.8 Å². The summed E-state index contributed by atoms with van der Waals surface area (Å²) in [6.45, 7) is 4.30. The molecule has 2 heteroatoms. The number of hydrogen-bond donors (Lipinski definition) is 0. The summed E-state index contributed by atoms with van der Waals surface area (Å²) in [7, 11) is 0. The molecule has 0 aromatic heterocycles. The van der Waals surface area contributed by atoms with Crippen LogP contribution >= 0.6 is 11.8 Å². The van der Waals surface area contributed by atoms with Gasteiger partial charge in [-0.2, -0.15) is 0 Å². The minimum absolute atomic E-state index is 0.728. The van der Waals surface area contributed by atoms with Crippen molar-refractivity contribution in [2.45, 2.75) is 24.5 Å². The van der Waals surface area contributed by atoms with Gasteiger partial charge in [0.15, 0.2) is 0 Å². The summed E-state index contributed by atoms with van der Waals surface area (Å²) in [5.41, 5.74) is 4.81. The summed E-state index contributed by atoms with van der Waals surface area (Å²) < 4.78 is 0. The molecule has 2 aromatic rings. The van der Waals surface area contributed by atoms with Gasteiger partial charge in [-0.05, 0) is 42.7 Å². The first-order valence-corrected chi connectivity index (χ1v) is 6.92. The topological polar surface area (TPSA) is 17.1 Å². The van der Waals surface area contributed by atoms with E-state index in [0.717, 1.165) is 17.6 Å². The molecule has 0 saturated heterocycles. The van der Waals surface area contributed by atoms with Crippen LogP contribution in [0.4, 0.5) is 0 Å². The van der Waals surface area contributed by atoms with Gasteiger partial charge in [0.2, 0.25) is 0 Å². The van der Waals surface area contributed by atoms with E-state index in [2.05, 4.69) is 32.0 Å². The van der Waals surface area contributed by atoms with Crippen molar-refractivity contribution < 1.29 is 4.79 Å². The fourth-order valence-corrected chi connectivity index (χ4v) is 2.97.